The molecule has 0 saturated carbocycles. The van der Waals surface area contributed by atoms with Crippen molar-refractivity contribution < 1.29 is 27.5 Å². The van der Waals surface area contributed by atoms with Crippen LogP contribution >= 0.6 is 0 Å². The van der Waals surface area contributed by atoms with Gasteiger partial charge in [-0.1, -0.05) is 54.6 Å². The van der Waals surface area contributed by atoms with Crippen molar-refractivity contribution in [2.24, 2.45) is 0 Å². The smallest absolute Gasteiger partial charge is 0.376 e. The van der Waals surface area contributed by atoms with Gasteiger partial charge in [-0.2, -0.15) is 13.2 Å². The Balaban J connectivity index is 0.992. The number of fused-ring (bicyclic) bond motifs is 4. The number of ether oxygens (including phenoxy) is 1. The van der Waals surface area contributed by atoms with Crippen LogP contribution < -0.4 is 10.2 Å². The fraction of sp³-hybridized carbons (Fsp3) is 0.459. The van der Waals surface area contributed by atoms with Gasteiger partial charge in [-0.15, -0.1) is 0 Å². The maximum absolute atomic E-state index is 13.8. The van der Waals surface area contributed by atoms with Gasteiger partial charge in [-0.3, -0.25) is 14.5 Å². The number of nitrogens with zero attached hydrogens (tertiary/aromatic N) is 3. The lowest BCUT2D eigenvalue weighted by molar-refractivity contribution is -0.141. The average molecular weight is 647 g/mol. The van der Waals surface area contributed by atoms with Crippen LogP contribution in [-0.4, -0.2) is 86.3 Å². The molecule has 2 amide bonds. The second-order valence-electron chi connectivity index (χ2n) is 13.2. The molecule has 0 radical (unpaired) electrons. The number of hydrogen-bond donors (Lipinski definition) is 1. The molecule has 7 nitrogen and oxygen atoms in total. The van der Waals surface area contributed by atoms with Crippen LogP contribution in [-0.2, 0) is 21.5 Å². The summed E-state index contributed by atoms with van der Waals surface area (Å²) in [6, 6.07) is 21.4. The summed E-state index contributed by atoms with van der Waals surface area (Å²) in [6.07, 6.45) is -0.0805. The summed E-state index contributed by atoms with van der Waals surface area (Å²) >= 11 is 0. The predicted octanol–water partition coefficient (Wildman–Crippen LogP) is 5.76. The van der Waals surface area contributed by atoms with E-state index < -0.39 is 24.0 Å². The Kier molecular flexibility index (Phi) is 8.74. The van der Waals surface area contributed by atoms with E-state index in [-0.39, 0.29) is 12.0 Å². The molecule has 1 aliphatic carbocycles. The zero-order chi connectivity index (χ0) is 32.6. The number of halogens is 3. The van der Waals surface area contributed by atoms with Gasteiger partial charge in [0.15, 0.2) is 0 Å². The molecule has 47 heavy (non-hydrogen) atoms. The summed E-state index contributed by atoms with van der Waals surface area (Å²) in [4.78, 5) is 33.6. The molecule has 2 fully saturated rings. The molecular weight excluding hydrogens is 605 g/mol. The first-order valence-electron chi connectivity index (χ1n) is 16.8. The van der Waals surface area contributed by atoms with Gasteiger partial charge in [-0.25, -0.2) is 0 Å². The Bertz CT molecular complexity index is 1580. The monoisotopic (exact) mass is 646 g/mol. The van der Waals surface area contributed by atoms with Gasteiger partial charge in [0, 0.05) is 57.1 Å². The van der Waals surface area contributed by atoms with Crippen LogP contribution in [0.4, 0.5) is 18.9 Å². The lowest BCUT2D eigenvalue weighted by Gasteiger charge is -2.37. The molecule has 1 unspecified atom stereocenters. The number of carbonyl (C=O) groups is 2. The number of benzene rings is 3. The van der Waals surface area contributed by atoms with Gasteiger partial charge >= 0.3 is 6.18 Å². The Labute approximate surface area is 273 Å². The molecule has 1 N–H and O–H groups in total. The summed E-state index contributed by atoms with van der Waals surface area (Å²) < 4.78 is 45.5. The van der Waals surface area contributed by atoms with Gasteiger partial charge in [0.2, 0.25) is 5.91 Å². The van der Waals surface area contributed by atoms with Crippen molar-refractivity contribution in [1.82, 2.24) is 15.1 Å². The highest BCUT2D eigenvalue weighted by Gasteiger charge is 2.49. The summed E-state index contributed by atoms with van der Waals surface area (Å²) in [5, 5.41) is 2.23. The Hall–Kier alpha value is -3.89. The number of rotatable bonds is 9. The molecule has 2 saturated heterocycles. The SMILES string of the molecule is O=C1c2cc(N3CCN(CCCC4(C(=O)NCC(F)(F)F)c5ccccc5-c5ccccc54)CC3)ccc2CN1CC1CCCCO1. The summed E-state index contributed by atoms with van der Waals surface area (Å²) in [6.45, 7) is 4.65. The molecule has 4 aliphatic rings. The maximum Gasteiger partial charge on any atom is 0.405 e. The van der Waals surface area contributed by atoms with Crippen LogP contribution in [0.2, 0.25) is 0 Å². The van der Waals surface area contributed by atoms with Gasteiger partial charge in [0.05, 0.1) is 6.10 Å². The quantitative estimate of drug-likeness (QED) is 0.321. The van der Waals surface area contributed by atoms with Crippen molar-refractivity contribution >= 4 is 17.5 Å². The summed E-state index contributed by atoms with van der Waals surface area (Å²) in [7, 11) is 0. The van der Waals surface area contributed by atoms with E-state index in [1.165, 1.54) is 0 Å². The van der Waals surface area contributed by atoms with E-state index in [0.29, 0.717) is 25.9 Å². The third-order valence-corrected chi connectivity index (χ3v) is 10.3. The number of carbonyl (C=O) groups excluding carboxylic acids is 2. The van der Waals surface area contributed by atoms with Gasteiger partial charge < -0.3 is 19.9 Å². The van der Waals surface area contributed by atoms with Gasteiger partial charge in [0.25, 0.3) is 5.91 Å². The maximum atomic E-state index is 13.8. The van der Waals surface area contributed by atoms with Crippen molar-refractivity contribution in [1.29, 1.82) is 0 Å². The molecule has 3 aromatic rings. The second kappa shape index (κ2) is 13.0. The number of piperazine rings is 1. The van der Waals surface area contributed by atoms with Crippen LogP contribution in [0.3, 0.4) is 0 Å². The summed E-state index contributed by atoms with van der Waals surface area (Å²) in [5.74, 6) is -0.522. The number of alkyl halides is 3. The molecule has 0 spiro atoms. The fourth-order valence-electron chi connectivity index (χ4n) is 7.97. The molecule has 3 aliphatic heterocycles. The minimum Gasteiger partial charge on any atom is -0.376 e. The molecule has 1 atom stereocenters. The predicted molar refractivity (Wildman–Crippen MR) is 174 cm³/mol. The number of nitrogens with one attached hydrogen (secondary N) is 1. The van der Waals surface area contributed by atoms with E-state index in [4.69, 9.17) is 4.74 Å². The van der Waals surface area contributed by atoms with E-state index in [0.717, 1.165) is 97.7 Å². The highest BCUT2D eigenvalue weighted by molar-refractivity contribution is 6.01. The lowest BCUT2D eigenvalue weighted by atomic mass is 9.73. The largest absolute Gasteiger partial charge is 0.405 e. The molecule has 10 heteroatoms. The van der Waals surface area contributed by atoms with Crippen molar-refractivity contribution in [2.75, 3.05) is 57.3 Å². The zero-order valence-corrected chi connectivity index (χ0v) is 26.5. The number of amides is 2. The van der Waals surface area contributed by atoms with Crippen molar-refractivity contribution in [3.8, 4) is 11.1 Å². The molecule has 0 bridgehead atoms. The fourth-order valence-corrected chi connectivity index (χ4v) is 7.97. The summed E-state index contributed by atoms with van der Waals surface area (Å²) in [5.41, 5.74) is 5.04. The van der Waals surface area contributed by atoms with Crippen molar-refractivity contribution in [3.05, 3.63) is 89.0 Å². The molecule has 3 aromatic carbocycles. The highest BCUT2D eigenvalue weighted by atomic mass is 19.4. The van der Waals surface area contributed by atoms with E-state index in [2.05, 4.69) is 27.2 Å². The minimum absolute atomic E-state index is 0.0814. The van der Waals surface area contributed by atoms with E-state index >= 15 is 0 Å². The molecule has 7 rings (SSSR count). The normalized spacial score (nSPS) is 20.6. The Morgan fingerprint density at radius 1 is 0.915 bits per heavy atom. The number of hydrogen-bond acceptors (Lipinski definition) is 5. The minimum atomic E-state index is -4.50. The molecule has 248 valence electrons. The van der Waals surface area contributed by atoms with Crippen LogP contribution in [0, 0.1) is 0 Å². The third kappa shape index (κ3) is 6.25. The first-order chi connectivity index (χ1) is 22.7. The number of anilines is 1. The molecule has 3 heterocycles. The topological polar surface area (TPSA) is 65.1 Å². The zero-order valence-electron chi connectivity index (χ0n) is 26.5. The second-order valence-corrected chi connectivity index (χ2v) is 13.2. The van der Waals surface area contributed by atoms with Crippen molar-refractivity contribution in [3.63, 3.8) is 0 Å². The van der Waals surface area contributed by atoms with Crippen LogP contribution in [0.25, 0.3) is 11.1 Å². The van der Waals surface area contributed by atoms with Crippen molar-refractivity contribution in [2.45, 2.75) is 56.3 Å². The van der Waals surface area contributed by atoms with Crippen LogP contribution in [0.15, 0.2) is 66.7 Å². The Morgan fingerprint density at radius 3 is 2.28 bits per heavy atom. The highest BCUT2D eigenvalue weighted by Crippen LogP contribution is 2.51. The van der Waals surface area contributed by atoms with Crippen LogP contribution in [0.1, 0.15) is 59.2 Å². The first-order valence-corrected chi connectivity index (χ1v) is 16.8. The van der Waals surface area contributed by atoms with Gasteiger partial charge in [0.1, 0.15) is 12.0 Å². The first kappa shape index (κ1) is 31.7. The van der Waals surface area contributed by atoms with E-state index in [9.17, 15) is 22.8 Å². The standard InChI is InChI=1S/C37H41F3N4O3/c38-37(39,40)25-41-35(46)36(32-11-3-1-9-29(32)30-10-2-4-12-33(30)36)15-7-16-42-17-19-43(20-18-42)27-14-13-26-23-44(34(45)31(26)22-27)24-28-8-5-6-21-47-28/h1-4,9-14,22,28H,5-8,15-21,23-25H2,(H,41,46). The van der Waals surface area contributed by atoms with Gasteiger partial charge in [-0.05, 0) is 78.6 Å². The average Bonchev–Trinajstić information content (AvgIpc) is 3.55. The van der Waals surface area contributed by atoms with E-state index in [1.54, 1.807) is 0 Å². The lowest BCUT2D eigenvalue weighted by Crippen LogP contribution is -2.48. The van der Waals surface area contributed by atoms with E-state index in [1.807, 2.05) is 59.5 Å². The molecular formula is C37H41F3N4O3. The third-order valence-electron chi connectivity index (χ3n) is 10.3. The molecule has 0 aromatic heterocycles. The Morgan fingerprint density at radius 2 is 1.62 bits per heavy atom. The van der Waals surface area contributed by atoms with Crippen LogP contribution in [0.5, 0.6) is 0 Å².